The maximum Gasteiger partial charge on any atom is 0.235 e. The van der Waals surface area contributed by atoms with Crippen molar-refractivity contribution in [1.82, 2.24) is 0 Å². The van der Waals surface area contributed by atoms with Crippen molar-refractivity contribution in [2.24, 2.45) is 4.99 Å². The van der Waals surface area contributed by atoms with E-state index in [1.54, 1.807) is 13.2 Å². The Morgan fingerprint density at radius 3 is 3.00 bits per heavy atom. The van der Waals surface area contributed by atoms with E-state index in [1.165, 1.54) is 0 Å². The first kappa shape index (κ1) is 8.44. The van der Waals surface area contributed by atoms with Crippen LogP contribution in [-0.4, -0.2) is 25.3 Å². The highest BCUT2D eigenvalue weighted by Gasteiger charge is 2.20. The lowest BCUT2D eigenvalue weighted by molar-refractivity contribution is 0.0648. The second kappa shape index (κ2) is 4.27. The van der Waals surface area contributed by atoms with Crippen LogP contribution in [0.3, 0.4) is 0 Å². The molecule has 0 aliphatic heterocycles. The van der Waals surface area contributed by atoms with Gasteiger partial charge in [0.15, 0.2) is 0 Å². The largest absolute Gasteiger partial charge is 0.381 e. The summed E-state index contributed by atoms with van der Waals surface area (Å²) in [5.41, 5.74) is 0. The average molecular weight is 155 g/mol. The summed E-state index contributed by atoms with van der Waals surface area (Å²) in [5, 5.41) is 0. The molecule has 1 aliphatic carbocycles. The Morgan fingerprint density at radius 2 is 2.36 bits per heavy atom. The minimum absolute atomic E-state index is 0.159. The molecule has 0 N–H and O–H groups in total. The van der Waals surface area contributed by atoms with Crippen molar-refractivity contribution >= 4 is 6.08 Å². The zero-order chi connectivity index (χ0) is 8.10. The van der Waals surface area contributed by atoms with Crippen molar-refractivity contribution in [1.29, 1.82) is 0 Å². The zero-order valence-corrected chi connectivity index (χ0v) is 6.75. The van der Waals surface area contributed by atoms with Gasteiger partial charge in [0.1, 0.15) is 0 Å². The molecule has 0 bridgehead atoms. The molecule has 1 fully saturated rings. The highest BCUT2D eigenvalue weighted by Crippen LogP contribution is 2.22. The molecule has 0 aromatic rings. The van der Waals surface area contributed by atoms with Gasteiger partial charge in [0, 0.05) is 7.11 Å². The lowest BCUT2D eigenvalue weighted by Crippen LogP contribution is -2.23. The molecule has 0 spiro atoms. The molecule has 3 nitrogen and oxygen atoms in total. The molecular weight excluding hydrogens is 142 g/mol. The number of hydrogen-bond acceptors (Lipinski definition) is 3. The molecule has 1 saturated carbocycles. The summed E-state index contributed by atoms with van der Waals surface area (Å²) in [5.74, 6) is 0. The van der Waals surface area contributed by atoms with Gasteiger partial charge in [-0.2, -0.15) is 0 Å². The Kier molecular flexibility index (Phi) is 3.27. The summed E-state index contributed by atoms with van der Waals surface area (Å²) in [4.78, 5) is 13.6. The van der Waals surface area contributed by atoms with Gasteiger partial charge < -0.3 is 4.74 Å². The van der Waals surface area contributed by atoms with Gasteiger partial charge in [-0.25, -0.2) is 9.79 Å². The minimum Gasteiger partial charge on any atom is -0.381 e. The second-order valence-electron chi connectivity index (χ2n) is 2.90. The van der Waals surface area contributed by atoms with Gasteiger partial charge in [-0.3, -0.25) is 0 Å². The van der Waals surface area contributed by atoms with Crippen LogP contribution in [0.25, 0.3) is 0 Å². The molecule has 0 radical (unpaired) electrons. The summed E-state index contributed by atoms with van der Waals surface area (Å²) in [6, 6.07) is 0.159. The molecule has 0 aromatic carbocycles. The summed E-state index contributed by atoms with van der Waals surface area (Å²) in [7, 11) is 1.71. The van der Waals surface area contributed by atoms with Crippen LogP contribution >= 0.6 is 0 Å². The van der Waals surface area contributed by atoms with E-state index in [-0.39, 0.29) is 6.04 Å². The Bertz CT molecular complexity index is 163. The number of methoxy groups -OCH3 is 1. The fraction of sp³-hybridized carbons (Fsp3) is 0.875. The fourth-order valence-electron chi connectivity index (χ4n) is 1.53. The molecule has 2 atom stereocenters. The smallest absolute Gasteiger partial charge is 0.235 e. The van der Waals surface area contributed by atoms with Crippen LogP contribution in [0, 0.1) is 0 Å². The minimum atomic E-state index is 0.159. The molecule has 1 aliphatic rings. The van der Waals surface area contributed by atoms with Crippen molar-refractivity contribution < 1.29 is 9.53 Å². The Morgan fingerprint density at radius 1 is 1.55 bits per heavy atom. The van der Waals surface area contributed by atoms with Crippen molar-refractivity contribution in [3.05, 3.63) is 0 Å². The van der Waals surface area contributed by atoms with E-state index in [1.807, 2.05) is 0 Å². The summed E-state index contributed by atoms with van der Waals surface area (Å²) >= 11 is 0. The van der Waals surface area contributed by atoms with E-state index in [2.05, 4.69) is 4.99 Å². The van der Waals surface area contributed by atoms with Crippen LogP contribution in [0.5, 0.6) is 0 Å². The van der Waals surface area contributed by atoms with Gasteiger partial charge in [-0.1, -0.05) is 0 Å². The quantitative estimate of drug-likeness (QED) is 0.445. The number of hydrogen-bond donors (Lipinski definition) is 0. The summed E-state index contributed by atoms with van der Waals surface area (Å²) in [6.45, 7) is 0. The number of isocyanates is 1. The standard InChI is InChI=1S/C8H13NO2/c1-11-8-4-2-3-7(5-8)9-6-10/h7-8H,2-5H2,1H3/t7-,8+/m0/s1. The zero-order valence-electron chi connectivity index (χ0n) is 6.75. The van der Waals surface area contributed by atoms with E-state index < -0.39 is 0 Å². The normalized spacial score (nSPS) is 31.0. The van der Waals surface area contributed by atoms with Crippen molar-refractivity contribution in [2.45, 2.75) is 37.8 Å². The molecule has 62 valence electrons. The predicted octanol–water partition coefficient (Wildman–Crippen LogP) is 1.28. The maximum atomic E-state index is 9.94. The number of carbonyl (C=O) groups excluding carboxylic acids is 1. The predicted molar refractivity (Wildman–Crippen MR) is 41.2 cm³/mol. The summed E-state index contributed by atoms with van der Waals surface area (Å²) in [6.07, 6.45) is 5.99. The number of aliphatic imine (C=N–C) groups is 1. The van der Waals surface area contributed by atoms with Gasteiger partial charge >= 0.3 is 0 Å². The number of nitrogens with zero attached hydrogens (tertiary/aromatic N) is 1. The van der Waals surface area contributed by atoms with Gasteiger partial charge in [0.25, 0.3) is 0 Å². The lowest BCUT2D eigenvalue weighted by Gasteiger charge is -2.24. The van der Waals surface area contributed by atoms with E-state index in [0.717, 1.165) is 25.7 Å². The molecule has 0 amide bonds. The van der Waals surface area contributed by atoms with E-state index >= 15 is 0 Å². The van der Waals surface area contributed by atoms with E-state index in [4.69, 9.17) is 4.74 Å². The van der Waals surface area contributed by atoms with Crippen LogP contribution in [0.4, 0.5) is 0 Å². The number of ether oxygens (including phenoxy) is 1. The van der Waals surface area contributed by atoms with Crippen molar-refractivity contribution in [2.75, 3.05) is 7.11 Å². The van der Waals surface area contributed by atoms with Crippen LogP contribution in [-0.2, 0) is 9.53 Å². The molecule has 3 heteroatoms. The topological polar surface area (TPSA) is 38.7 Å². The highest BCUT2D eigenvalue weighted by atomic mass is 16.5. The Labute approximate surface area is 66.5 Å². The molecular formula is C8H13NO2. The van der Waals surface area contributed by atoms with Gasteiger partial charge in [-0.05, 0) is 25.7 Å². The van der Waals surface area contributed by atoms with Gasteiger partial charge in [-0.15, -0.1) is 0 Å². The van der Waals surface area contributed by atoms with Gasteiger partial charge in [0.05, 0.1) is 12.1 Å². The molecule has 11 heavy (non-hydrogen) atoms. The monoisotopic (exact) mass is 155 g/mol. The first-order valence-corrected chi connectivity index (χ1v) is 3.96. The van der Waals surface area contributed by atoms with E-state index in [9.17, 15) is 4.79 Å². The third kappa shape index (κ3) is 2.45. The summed E-state index contributed by atoms with van der Waals surface area (Å²) < 4.78 is 5.18. The molecule has 1 rings (SSSR count). The third-order valence-corrected chi connectivity index (χ3v) is 2.17. The number of rotatable bonds is 2. The van der Waals surface area contributed by atoms with Crippen LogP contribution in [0.15, 0.2) is 4.99 Å². The van der Waals surface area contributed by atoms with Crippen LogP contribution in [0.1, 0.15) is 25.7 Å². The first-order valence-electron chi connectivity index (χ1n) is 3.96. The lowest BCUT2D eigenvalue weighted by atomic mass is 9.93. The average Bonchev–Trinajstić information content (AvgIpc) is 2.06. The van der Waals surface area contributed by atoms with Crippen LogP contribution < -0.4 is 0 Å². The Balaban J connectivity index is 2.38. The molecule has 0 aromatic heterocycles. The fourth-order valence-corrected chi connectivity index (χ4v) is 1.53. The van der Waals surface area contributed by atoms with E-state index in [0.29, 0.717) is 6.10 Å². The maximum absolute atomic E-state index is 9.94. The van der Waals surface area contributed by atoms with Crippen LogP contribution in [0.2, 0.25) is 0 Å². The highest BCUT2D eigenvalue weighted by molar-refractivity contribution is 5.33. The van der Waals surface area contributed by atoms with Gasteiger partial charge in [0.2, 0.25) is 6.08 Å². The first-order chi connectivity index (χ1) is 5.36. The molecule has 0 saturated heterocycles. The Hall–Kier alpha value is -0.660. The molecule has 0 unspecified atom stereocenters. The van der Waals surface area contributed by atoms with Crippen molar-refractivity contribution in [3.63, 3.8) is 0 Å². The van der Waals surface area contributed by atoms with Crippen molar-refractivity contribution in [3.8, 4) is 0 Å². The molecule has 0 heterocycles. The SMILES string of the molecule is CO[C@@H]1CCC[C@H](N=C=O)C1. The third-order valence-electron chi connectivity index (χ3n) is 2.17. The second-order valence-corrected chi connectivity index (χ2v) is 2.90.